The molecule has 166 valence electrons. The third-order valence-electron chi connectivity index (χ3n) is 5.17. The minimum absolute atomic E-state index is 0.214. The Balaban J connectivity index is 1.62. The summed E-state index contributed by atoms with van der Waals surface area (Å²) in [5.41, 5.74) is 1.32. The largest absolute Gasteiger partial charge is 0.423 e. The third-order valence-corrected chi connectivity index (χ3v) is 6.34. The smallest absolute Gasteiger partial charge is 0.343 e. The lowest BCUT2D eigenvalue weighted by atomic mass is 9.82. The zero-order chi connectivity index (χ0) is 22.1. The van der Waals surface area contributed by atoms with Crippen molar-refractivity contribution in [1.82, 2.24) is 0 Å². The normalized spacial score (nSPS) is 22.1. The lowest BCUT2D eigenvalue weighted by Gasteiger charge is -2.40. The van der Waals surface area contributed by atoms with Crippen LogP contribution in [0.15, 0.2) is 53.4 Å². The van der Waals surface area contributed by atoms with Crippen molar-refractivity contribution < 1.29 is 33.7 Å². The van der Waals surface area contributed by atoms with Crippen molar-refractivity contribution in [3.05, 3.63) is 59.7 Å². The number of ether oxygens (including phenoxy) is 2. The Kier molecular flexibility index (Phi) is 5.66. The van der Waals surface area contributed by atoms with Crippen LogP contribution in [0.25, 0.3) is 0 Å². The number of hydrogen-bond acceptors (Lipinski definition) is 3. The molecule has 0 radical (unpaired) electrons. The topological polar surface area (TPSA) is 35.5 Å². The van der Waals surface area contributed by atoms with E-state index in [2.05, 4.69) is 0 Å². The van der Waals surface area contributed by atoms with Crippen molar-refractivity contribution in [2.24, 2.45) is 0 Å². The Bertz CT molecular complexity index is 888. The monoisotopic (exact) mass is 450 g/mol. The summed E-state index contributed by atoms with van der Waals surface area (Å²) in [6.07, 6.45) is 4.25. The molecule has 30 heavy (non-hydrogen) atoms. The van der Waals surface area contributed by atoms with Gasteiger partial charge in [0.05, 0.1) is 11.7 Å². The first-order chi connectivity index (χ1) is 13.9. The average Bonchev–Trinajstić information content (AvgIpc) is 2.68. The summed E-state index contributed by atoms with van der Waals surface area (Å²) in [6, 6.07) is 8.69. The summed E-state index contributed by atoms with van der Waals surface area (Å²) >= 11 is 0. The predicted molar refractivity (Wildman–Crippen MR) is 106 cm³/mol. The summed E-state index contributed by atoms with van der Waals surface area (Å²) < 4.78 is 74.4. The van der Waals surface area contributed by atoms with E-state index < -0.39 is 21.1 Å². The maximum absolute atomic E-state index is 12.7. The lowest BCUT2D eigenvalue weighted by molar-refractivity contribution is 0.0328. The number of esters is 1. The molecule has 1 saturated carbocycles. The minimum Gasteiger partial charge on any atom is -0.423 e. The number of rotatable bonds is 6. The first-order valence-corrected chi connectivity index (χ1v) is 11.6. The fourth-order valence-corrected chi connectivity index (χ4v) is 4.27. The fourth-order valence-electron chi connectivity index (χ4n) is 3.62. The van der Waals surface area contributed by atoms with Gasteiger partial charge in [-0.3, -0.25) is 0 Å². The summed E-state index contributed by atoms with van der Waals surface area (Å²) in [5, 5.41) is 0. The van der Waals surface area contributed by atoms with Gasteiger partial charge in [0.2, 0.25) is 0 Å². The van der Waals surface area contributed by atoms with Gasteiger partial charge in [0, 0.05) is 6.61 Å². The Morgan fingerprint density at radius 2 is 1.47 bits per heavy atom. The molecule has 0 atom stereocenters. The predicted octanol–water partition coefficient (Wildman–Crippen LogP) is 7.63. The van der Waals surface area contributed by atoms with Crippen LogP contribution in [-0.4, -0.2) is 18.7 Å². The third kappa shape index (κ3) is 5.72. The van der Waals surface area contributed by atoms with E-state index in [-0.39, 0.29) is 23.4 Å². The molecule has 0 unspecified atom stereocenters. The molecule has 9 heteroatoms. The average molecular weight is 450 g/mol. The van der Waals surface area contributed by atoms with Crippen LogP contribution in [0.3, 0.4) is 0 Å². The maximum Gasteiger partial charge on any atom is 0.343 e. The lowest BCUT2D eigenvalue weighted by Crippen LogP contribution is -2.20. The molecule has 3 rings (SSSR count). The zero-order valence-corrected chi connectivity index (χ0v) is 17.1. The molecule has 0 amide bonds. The first-order valence-electron chi connectivity index (χ1n) is 9.63. The van der Waals surface area contributed by atoms with Gasteiger partial charge in [-0.2, -0.15) is 0 Å². The first kappa shape index (κ1) is 22.6. The Hall–Kier alpha value is -2.13. The molecule has 3 nitrogen and oxygen atoms in total. The SMILES string of the molecule is CCOC1CCC(c2ccc(C(=O)Oc3ccc(S(F)(F)(F)(F)F)cc3)cc2)CC1. The van der Waals surface area contributed by atoms with Crippen LogP contribution in [0.5, 0.6) is 5.75 Å². The van der Waals surface area contributed by atoms with Crippen molar-refractivity contribution in [3.8, 4) is 5.75 Å². The molecule has 1 aliphatic carbocycles. The second-order valence-corrected chi connectivity index (χ2v) is 9.79. The highest BCUT2D eigenvalue weighted by molar-refractivity contribution is 8.45. The van der Waals surface area contributed by atoms with E-state index in [1.165, 1.54) is 0 Å². The van der Waals surface area contributed by atoms with Crippen LogP contribution in [0.2, 0.25) is 0 Å². The van der Waals surface area contributed by atoms with E-state index in [4.69, 9.17) is 9.47 Å². The van der Waals surface area contributed by atoms with E-state index in [1.54, 1.807) is 12.1 Å². The van der Waals surface area contributed by atoms with Gasteiger partial charge in [-0.25, -0.2) is 4.79 Å². The summed E-state index contributed by atoms with van der Waals surface area (Å²) in [7, 11) is -9.75. The molecular weight excluding hydrogens is 427 g/mol. The number of carbonyl (C=O) groups excluding carboxylic acids is 1. The maximum atomic E-state index is 12.7. The summed E-state index contributed by atoms with van der Waals surface area (Å²) in [5.74, 6) is -0.642. The van der Waals surface area contributed by atoms with Crippen molar-refractivity contribution >= 4 is 16.2 Å². The van der Waals surface area contributed by atoms with Crippen molar-refractivity contribution in [2.45, 2.75) is 49.5 Å². The van der Waals surface area contributed by atoms with Gasteiger partial charge in [-0.05, 0) is 80.5 Å². The van der Waals surface area contributed by atoms with Crippen LogP contribution in [0.1, 0.15) is 54.4 Å². The number of halogens is 5. The Morgan fingerprint density at radius 1 is 0.900 bits per heavy atom. The van der Waals surface area contributed by atoms with Crippen LogP contribution >= 0.6 is 10.2 Å². The van der Waals surface area contributed by atoms with Crippen molar-refractivity contribution in [3.63, 3.8) is 0 Å². The standard InChI is InChI=1S/C21H23F5O3S/c1-2-28-18-9-7-16(8-10-18)15-3-5-17(6-4-15)21(27)29-19-11-13-20(14-12-19)30(22,23,24,25)26/h3-6,11-14,16,18H,2,7-10H2,1H3. The van der Waals surface area contributed by atoms with E-state index in [0.29, 0.717) is 30.8 Å². The Labute approximate surface area is 171 Å². The van der Waals surface area contributed by atoms with E-state index in [9.17, 15) is 24.2 Å². The molecular formula is C21H23F5O3S. The summed E-state index contributed by atoms with van der Waals surface area (Å²) in [4.78, 5) is 10.2. The van der Waals surface area contributed by atoms with E-state index in [1.807, 2.05) is 19.1 Å². The minimum atomic E-state index is -9.75. The highest BCUT2D eigenvalue weighted by atomic mass is 32.5. The molecule has 0 N–H and O–H groups in total. The van der Waals surface area contributed by atoms with Crippen LogP contribution in [0.4, 0.5) is 19.4 Å². The summed E-state index contributed by atoms with van der Waals surface area (Å²) in [6.45, 7) is 2.68. The molecule has 0 aliphatic heterocycles. The molecule has 2 aromatic rings. The molecule has 0 heterocycles. The van der Waals surface area contributed by atoms with E-state index in [0.717, 1.165) is 31.2 Å². The highest BCUT2D eigenvalue weighted by Crippen LogP contribution is 3.02. The molecule has 2 aromatic carbocycles. The van der Waals surface area contributed by atoms with Gasteiger partial charge in [0.25, 0.3) is 0 Å². The van der Waals surface area contributed by atoms with E-state index >= 15 is 0 Å². The van der Waals surface area contributed by atoms with Gasteiger partial charge in [0.1, 0.15) is 10.6 Å². The molecule has 0 aromatic heterocycles. The van der Waals surface area contributed by atoms with Crippen LogP contribution in [-0.2, 0) is 4.74 Å². The second-order valence-electron chi connectivity index (χ2n) is 7.38. The van der Waals surface area contributed by atoms with Crippen LogP contribution < -0.4 is 4.74 Å². The fraction of sp³-hybridized carbons (Fsp3) is 0.381. The molecule has 0 saturated heterocycles. The zero-order valence-electron chi connectivity index (χ0n) is 16.3. The van der Waals surface area contributed by atoms with Crippen molar-refractivity contribution in [2.75, 3.05) is 6.61 Å². The van der Waals surface area contributed by atoms with Gasteiger partial charge in [-0.1, -0.05) is 31.6 Å². The molecule has 1 aliphatic rings. The number of carbonyl (C=O) groups is 1. The Morgan fingerprint density at radius 3 is 1.97 bits per heavy atom. The second kappa shape index (κ2) is 7.53. The van der Waals surface area contributed by atoms with Crippen LogP contribution in [0, 0.1) is 0 Å². The van der Waals surface area contributed by atoms with Gasteiger partial charge < -0.3 is 9.47 Å². The highest BCUT2D eigenvalue weighted by Gasteiger charge is 2.65. The number of hydrogen-bond donors (Lipinski definition) is 0. The van der Waals surface area contributed by atoms with Gasteiger partial charge in [-0.15, -0.1) is 0 Å². The quantitative estimate of drug-likeness (QED) is 0.258. The van der Waals surface area contributed by atoms with Gasteiger partial charge >= 0.3 is 16.2 Å². The van der Waals surface area contributed by atoms with Gasteiger partial charge in [0.15, 0.2) is 0 Å². The molecule has 0 spiro atoms. The van der Waals surface area contributed by atoms with Crippen molar-refractivity contribution in [1.29, 1.82) is 0 Å². The number of benzene rings is 2. The molecule has 0 bridgehead atoms. The molecule has 1 fully saturated rings.